The summed E-state index contributed by atoms with van der Waals surface area (Å²) in [6.45, 7) is 4.01. The summed E-state index contributed by atoms with van der Waals surface area (Å²) in [6.07, 6.45) is 1.51. The van der Waals surface area contributed by atoms with Crippen LogP contribution in [-0.4, -0.2) is 34.2 Å². The number of likely N-dealkylation sites (tertiary alicyclic amines) is 1. The van der Waals surface area contributed by atoms with Crippen LogP contribution in [-0.2, 0) is 0 Å². The summed E-state index contributed by atoms with van der Waals surface area (Å²) < 4.78 is 5.33. The number of carbonyl (C=O) groups excluding carboxylic acids is 2. The fraction of sp³-hybridized carbons (Fsp3) is 0.353. The molecule has 1 aromatic heterocycles. The molecule has 0 spiro atoms. The lowest BCUT2D eigenvalue weighted by Crippen LogP contribution is -2.41. The van der Waals surface area contributed by atoms with Gasteiger partial charge < -0.3 is 9.32 Å². The zero-order valence-corrected chi connectivity index (χ0v) is 12.7. The molecule has 1 amide bonds. The van der Waals surface area contributed by atoms with Crippen molar-refractivity contribution in [3.8, 4) is 0 Å². The molecule has 114 valence electrons. The first-order valence-electron chi connectivity index (χ1n) is 7.42. The highest BCUT2D eigenvalue weighted by atomic mass is 16.4. The Hall–Kier alpha value is -2.43. The van der Waals surface area contributed by atoms with E-state index in [0.717, 1.165) is 6.42 Å². The summed E-state index contributed by atoms with van der Waals surface area (Å²) in [5.74, 6) is 0.733. The van der Waals surface area contributed by atoms with Crippen LogP contribution in [0.1, 0.15) is 45.3 Å². The molecule has 3 rings (SSSR count). The van der Waals surface area contributed by atoms with Crippen molar-refractivity contribution in [2.24, 2.45) is 0 Å². The van der Waals surface area contributed by atoms with Gasteiger partial charge in [-0.05, 0) is 19.8 Å². The van der Waals surface area contributed by atoms with Crippen molar-refractivity contribution in [1.29, 1.82) is 0 Å². The first-order valence-corrected chi connectivity index (χ1v) is 7.42. The molecule has 0 radical (unpaired) electrons. The number of carbonyl (C=O) groups is 2. The molecule has 1 aliphatic rings. The fourth-order valence-electron chi connectivity index (χ4n) is 2.94. The molecule has 1 aromatic carbocycles. The second kappa shape index (κ2) is 5.75. The van der Waals surface area contributed by atoms with Gasteiger partial charge >= 0.3 is 0 Å². The number of rotatable bonds is 3. The third kappa shape index (κ3) is 2.54. The van der Waals surface area contributed by atoms with Crippen LogP contribution in [0.5, 0.6) is 0 Å². The Morgan fingerprint density at radius 2 is 1.95 bits per heavy atom. The van der Waals surface area contributed by atoms with E-state index in [1.807, 2.05) is 18.2 Å². The molecular formula is C17H18N2O3. The second-order valence-electron chi connectivity index (χ2n) is 5.52. The van der Waals surface area contributed by atoms with E-state index in [4.69, 9.17) is 4.42 Å². The number of oxazole rings is 1. The van der Waals surface area contributed by atoms with Crippen molar-refractivity contribution >= 4 is 11.7 Å². The molecule has 5 heteroatoms. The van der Waals surface area contributed by atoms with E-state index < -0.39 is 6.04 Å². The monoisotopic (exact) mass is 298 g/mol. The van der Waals surface area contributed by atoms with E-state index in [1.165, 1.54) is 0 Å². The SMILES string of the molecule is Cc1nc(C(=O)N2CCC[C@H]2C(=O)c2ccccc2)c(C)o1. The predicted octanol–water partition coefficient (Wildman–Crippen LogP) is 2.78. The molecule has 2 aromatic rings. The van der Waals surface area contributed by atoms with Gasteiger partial charge in [-0.2, -0.15) is 0 Å². The van der Waals surface area contributed by atoms with Crippen LogP contribution >= 0.6 is 0 Å². The van der Waals surface area contributed by atoms with Gasteiger partial charge in [-0.1, -0.05) is 30.3 Å². The van der Waals surface area contributed by atoms with Crippen molar-refractivity contribution in [2.45, 2.75) is 32.7 Å². The molecule has 1 saturated heterocycles. The summed E-state index contributed by atoms with van der Waals surface area (Å²) in [4.78, 5) is 31.1. The minimum absolute atomic E-state index is 0.00989. The van der Waals surface area contributed by atoms with Crippen LogP contribution in [0.2, 0.25) is 0 Å². The summed E-state index contributed by atoms with van der Waals surface area (Å²) in [6, 6.07) is 8.70. The van der Waals surface area contributed by atoms with Crippen LogP contribution in [0.3, 0.4) is 0 Å². The van der Waals surface area contributed by atoms with E-state index in [1.54, 1.807) is 30.9 Å². The largest absolute Gasteiger partial charge is 0.445 e. The fourth-order valence-corrected chi connectivity index (χ4v) is 2.94. The Morgan fingerprint density at radius 3 is 2.59 bits per heavy atom. The van der Waals surface area contributed by atoms with Crippen LogP contribution < -0.4 is 0 Å². The highest BCUT2D eigenvalue weighted by Crippen LogP contribution is 2.24. The highest BCUT2D eigenvalue weighted by molar-refractivity contribution is 6.04. The number of benzene rings is 1. The number of Topliss-reactive ketones (excluding diaryl/α,β-unsaturated/α-hetero) is 1. The summed E-state index contributed by atoms with van der Waals surface area (Å²) in [5.41, 5.74) is 0.950. The lowest BCUT2D eigenvalue weighted by molar-refractivity contribution is 0.0666. The maximum Gasteiger partial charge on any atom is 0.276 e. The lowest BCUT2D eigenvalue weighted by Gasteiger charge is -2.23. The molecule has 0 unspecified atom stereocenters. The Labute approximate surface area is 128 Å². The van der Waals surface area contributed by atoms with Crippen LogP contribution in [0.4, 0.5) is 0 Å². The van der Waals surface area contributed by atoms with Crippen molar-refractivity contribution in [2.75, 3.05) is 6.54 Å². The summed E-state index contributed by atoms with van der Waals surface area (Å²) in [7, 11) is 0. The van der Waals surface area contributed by atoms with Crippen molar-refractivity contribution < 1.29 is 14.0 Å². The maximum absolute atomic E-state index is 12.7. The maximum atomic E-state index is 12.7. The Kier molecular flexibility index (Phi) is 3.79. The molecular weight excluding hydrogens is 280 g/mol. The van der Waals surface area contributed by atoms with Crippen LogP contribution in [0, 0.1) is 13.8 Å². The normalized spacial score (nSPS) is 17.7. The summed E-state index contributed by atoms with van der Waals surface area (Å²) >= 11 is 0. The van der Waals surface area contributed by atoms with Crippen molar-refractivity contribution in [3.05, 3.63) is 53.2 Å². The van der Waals surface area contributed by atoms with Crippen molar-refractivity contribution in [3.63, 3.8) is 0 Å². The highest BCUT2D eigenvalue weighted by Gasteiger charge is 2.36. The van der Waals surface area contributed by atoms with Gasteiger partial charge in [0.2, 0.25) is 0 Å². The first kappa shape index (κ1) is 14.5. The third-order valence-electron chi connectivity index (χ3n) is 3.98. The van der Waals surface area contributed by atoms with Crippen LogP contribution in [0.25, 0.3) is 0 Å². The minimum atomic E-state index is -0.411. The molecule has 22 heavy (non-hydrogen) atoms. The molecule has 0 aliphatic carbocycles. The zero-order valence-electron chi connectivity index (χ0n) is 12.7. The molecule has 1 fully saturated rings. The van der Waals surface area contributed by atoms with E-state index in [2.05, 4.69) is 4.98 Å². The number of hydrogen-bond donors (Lipinski definition) is 0. The molecule has 1 atom stereocenters. The predicted molar refractivity (Wildman–Crippen MR) is 80.8 cm³/mol. The zero-order chi connectivity index (χ0) is 15.7. The number of aryl methyl sites for hydroxylation is 2. The smallest absolute Gasteiger partial charge is 0.276 e. The third-order valence-corrected chi connectivity index (χ3v) is 3.98. The Bertz CT molecular complexity index is 706. The quantitative estimate of drug-likeness (QED) is 0.817. The lowest BCUT2D eigenvalue weighted by atomic mass is 10.0. The number of aromatic nitrogens is 1. The van der Waals surface area contributed by atoms with E-state index in [9.17, 15) is 9.59 Å². The van der Waals surface area contributed by atoms with Gasteiger partial charge in [-0.15, -0.1) is 0 Å². The van der Waals surface area contributed by atoms with Gasteiger partial charge in [-0.25, -0.2) is 4.98 Å². The van der Waals surface area contributed by atoms with Gasteiger partial charge in [0.15, 0.2) is 17.4 Å². The molecule has 0 saturated carbocycles. The van der Waals surface area contributed by atoms with E-state index >= 15 is 0 Å². The molecule has 0 bridgehead atoms. The standard InChI is InChI=1S/C17H18N2O3/c1-11-15(18-12(2)22-11)17(21)19-10-6-9-14(19)16(20)13-7-4-3-5-8-13/h3-5,7-8,14H,6,9-10H2,1-2H3/t14-/m0/s1. The van der Waals surface area contributed by atoms with Gasteiger partial charge in [0, 0.05) is 19.0 Å². The van der Waals surface area contributed by atoms with Gasteiger partial charge in [0.1, 0.15) is 5.76 Å². The Balaban J connectivity index is 1.86. The first-order chi connectivity index (χ1) is 10.6. The molecule has 2 heterocycles. The molecule has 1 aliphatic heterocycles. The molecule has 5 nitrogen and oxygen atoms in total. The topological polar surface area (TPSA) is 63.4 Å². The van der Waals surface area contributed by atoms with E-state index in [-0.39, 0.29) is 11.7 Å². The second-order valence-corrected chi connectivity index (χ2v) is 5.52. The van der Waals surface area contributed by atoms with Gasteiger partial charge in [0.25, 0.3) is 5.91 Å². The number of ketones is 1. The number of nitrogens with zero attached hydrogens (tertiary/aromatic N) is 2. The van der Waals surface area contributed by atoms with Crippen LogP contribution in [0.15, 0.2) is 34.7 Å². The van der Waals surface area contributed by atoms with E-state index in [0.29, 0.717) is 35.9 Å². The average molecular weight is 298 g/mol. The van der Waals surface area contributed by atoms with Gasteiger partial charge in [-0.3, -0.25) is 9.59 Å². The number of amides is 1. The van der Waals surface area contributed by atoms with Crippen molar-refractivity contribution in [1.82, 2.24) is 9.88 Å². The minimum Gasteiger partial charge on any atom is -0.445 e. The van der Waals surface area contributed by atoms with Gasteiger partial charge in [0.05, 0.1) is 6.04 Å². The average Bonchev–Trinajstić information content (AvgIpc) is 3.13. The molecule has 0 N–H and O–H groups in total. The summed E-state index contributed by atoms with van der Waals surface area (Å²) in [5, 5.41) is 0. The number of hydrogen-bond acceptors (Lipinski definition) is 4. The Morgan fingerprint density at radius 1 is 1.23 bits per heavy atom.